The smallest absolute Gasteiger partial charge is 0.303 e. The van der Waals surface area contributed by atoms with Gasteiger partial charge in [-0.25, -0.2) is 0 Å². The Balaban J connectivity index is 2.11. The van der Waals surface area contributed by atoms with Crippen LogP contribution in [0.1, 0.15) is 39.0 Å². The number of carboxylic acids is 1. The van der Waals surface area contributed by atoms with Crippen molar-refractivity contribution in [3.63, 3.8) is 0 Å². The summed E-state index contributed by atoms with van der Waals surface area (Å²) in [6, 6.07) is -0.396. The lowest BCUT2D eigenvalue weighted by atomic mass is 10.0. The van der Waals surface area contributed by atoms with Crippen LogP contribution < -0.4 is 10.6 Å². The van der Waals surface area contributed by atoms with Crippen molar-refractivity contribution in [1.29, 1.82) is 0 Å². The monoisotopic (exact) mass is 256 g/mol. The topological polar surface area (TPSA) is 95.5 Å². The minimum atomic E-state index is -0.792. The molecule has 0 spiro atoms. The second-order valence-electron chi connectivity index (χ2n) is 4.78. The molecule has 6 nitrogen and oxygen atoms in total. The highest BCUT2D eigenvalue weighted by Gasteiger charge is 2.26. The molecule has 0 aromatic heterocycles. The normalized spacial score (nSPS) is 20.3. The minimum Gasteiger partial charge on any atom is -0.481 e. The van der Waals surface area contributed by atoms with Crippen molar-refractivity contribution < 1.29 is 19.5 Å². The first kappa shape index (κ1) is 14.5. The third kappa shape index (κ3) is 5.16. The first-order valence-corrected chi connectivity index (χ1v) is 6.28. The van der Waals surface area contributed by atoms with Gasteiger partial charge in [-0.1, -0.05) is 6.92 Å². The van der Waals surface area contributed by atoms with E-state index in [1.54, 1.807) is 0 Å². The zero-order valence-electron chi connectivity index (χ0n) is 10.6. The molecule has 1 rings (SSSR count). The molecule has 6 heteroatoms. The Kier molecular flexibility index (Phi) is 5.61. The maximum absolute atomic E-state index is 11.6. The van der Waals surface area contributed by atoms with E-state index in [9.17, 15) is 14.4 Å². The van der Waals surface area contributed by atoms with Gasteiger partial charge in [0.15, 0.2) is 0 Å². The van der Waals surface area contributed by atoms with Crippen molar-refractivity contribution in [3.8, 4) is 0 Å². The summed E-state index contributed by atoms with van der Waals surface area (Å²) in [5.74, 6) is -0.754. The summed E-state index contributed by atoms with van der Waals surface area (Å²) < 4.78 is 0. The largest absolute Gasteiger partial charge is 0.481 e. The van der Waals surface area contributed by atoms with E-state index in [0.717, 1.165) is 6.42 Å². The van der Waals surface area contributed by atoms with Gasteiger partial charge in [-0.3, -0.25) is 14.4 Å². The number of rotatable bonds is 7. The van der Waals surface area contributed by atoms with Gasteiger partial charge in [-0.2, -0.15) is 0 Å². The molecule has 3 N–H and O–H groups in total. The quantitative estimate of drug-likeness (QED) is 0.609. The van der Waals surface area contributed by atoms with Crippen LogP contribution in [0.3, 0.4) is 0 Å². The molecule has 0 radical (unpaired) electrons. The fourth-order valence-electron chi connectivity index (χ4n) is 1.89. The van der Waals surface area contributed by atoms with Gasteiger partial charge in [-0.15, -0.1) is 0 Å². The van der Waals surface area contributed by atoms with Crippen molar-refractivity contribution in [1.82, 2.24) is 10.6 Å². The summed E-state index contributed by atoms with van der Waals surface area (Å²) in [6.45, 7) is 2.48. The highest BCUT2D eigenvalue weighted by Crippen LogP contribution is 2.10. The molecule has 1 aliphatic heterocycles. The minimum absolute atomic E-state index is 0.0787. The molecule has 1 unspecified atom stereocenters. The SMILES string of the molecule is CC(CCNC(=O)[C@@H]1CCC(=O)N1)CCC(=O)O. The molecule has 0 aromatic carbocycles. The fraction of sp³-hybridized carbons (Fsp3) is 0.750. The van der Waals surface area contributed by atoms with Crippen molar-refractivity contribution in [2.24, 2.45) is 5.92 Å². The van der Waals surface area contributed by atoms with E-state index < -0.39 is 12.0 Å². The van der Waals surface area contributed by atoms with Crippen molar-refractivity contribution >= 4 is 17.8 Å². The van der Waals surface area contributed by atoms with E-state index in [4.69, 9.17) is 5.11 Å². The number of amides is 2. The van der Waals surface area contributed by atoms with E-state index in [-0.39, 0.29) is 24.2 Å². The van der Waals surface area contributed by atoms with Gasteiger partial charge in [0.2, 0.25) is 11.8 Å². The number of carbonyl (C=O) groups excluding carboxylic acids is 2. The first-order valence-electron chi connectivity index (χ1n) is 6.28. The second kappa shape index (κ2) is 6.98. The molecule has 2 atom stereocenters. The van der Waals surface area contributed by atoms with E-state index in [0.29, 0.717) is 25.8 Å². The van der Waals surface area contributed by atoms with Gasteiger partial charge >= 0.3 is 5.97 Å². The zero-order chi connectivity index (χ0) is 13.5. The molecule has 2 amide bonds. The summed E-state index contributed by atoms with van der Waals surface area (Å²) in [5.41, 5.74) is 0. The third-order valence-corrected chi connectivity index (χ3v) is 3.10. The molecular weight excluding hydrogens is 236 g/mol. The number of carboxylic acid groups (broad SMARTS) is 1. The lowest BCUT2D eigenvalue weighted by Crippen LogP contribution is -2.42. The van der Waals surface area contributed by atoms with Gasteiger partial charge < -0.3 is 15.7 Å². The highest BCUT2D eigenvalue weighted by molar-refractivity contribution is 5.90. The average molecular weight is 256 g/mol. The van der Waals surface area contributed by atoms with Crippen LogP contribution >= 0.6 is 0 Å². The van der Waals surface area contributed by atoms with Crippen molar-refractivity contribution in [2.75, 3.05) is 6.54 Å². The van der Waals surface area contributed by atoms with Crippen LogP contribution in [0.5, 0.6) is 0 Å². The predicted molar refractivity (Wildman–Crippen MR) is 64.8 cm³/mol. The Bertz CT molecular complexity index is 330. The fourth-order valence-corrected chi connectivity index (χ4v) is 1.89. The summed E-state index contributed by atoms with van der Waals surface area (Å²) in [6.07, 6.45) is 2.49. The summed E-state index contributed by atoms with van der Waals surface area (Å²) in [4.78, 5) is 32.9. The van der Waals surface area contributed by atoms with Crippen molar-refractivity contribution in [3.05, 3.63) is 0 Å². The van der Waals surface area contributed by atoms with Crippen LogP contribution in [0.4, 0.5) is 0 Å². The Morgan fingerprint density at radius 2 is 2.22 bits per heavy atom. The Hall–Kier alpha value is -1.59. The Morgan fingerprint density at radius 1 is 1.50 bits per heavy atom. The predicted octanol–water partition coefficient (Wildman–Crippen LogP) is 0.272. The van der Waals surface area contributed by atoms with Gasteiger partial charge in [0.1, 0.15) is 6.04 Å². The number of nitrogens with one attached hydrogen (secondary N) is 2. The molecule has 0 saturated carbocycles. The average Bonchev–Trinajstić information content (AvgIpc) is 2.73. The van der Waals surface area contributed by atoms with Gasteiger partial charge in [0.25, 0.3) is 0 Å². The maximum atomic E-state index is 11.6. The van der Waals surface area contributed by atoms with E-state index in [1.807, 2.05) is 6.92 Å². The summed E-state index contributed by atoms with van der Waals surface area (Å²) in [7, 11) is 0. The van der Waals surface area contributed by atoms with Crippen LogP contribution in [0.15, 0.2) is 0 Å². The van der Waals surface area contributed by atoms with Crippen LogP contribution in [-0.4, -0.2) is 35.5 Å². The van der Waals surface area contributed by atoms with E-state index in [2.05, 4.69) is 10.6 Å². The van der Waals surface area contributed by atoms with E-state index in [1.165, 1.54) is 0 Å². The summed E-state index contributed by atoms with van der Waals surface area (Å²) in [5, 5.41) is 13.9. The third-order valence-electron chi connectivity index (χ3n) is 3.10. The molecular formula is C12H20N2O4. The van der Waals surface area contributed by atoms with Crippen molar-refractivity contribution in [2.45, 2.75) is 45.1 Å². The molecule has 0 bridgehead atoms. The molecule has 18 heavy (non-hydrogen) atoms. The molecule has 1 aliphatic rings. The van der Waals surface area contributed by atoms with Gasteiger partial charge in [0.05, 0.1) is 0 Å². The molecule has 1 heterocycles. The zero-order valence-corrected chi connectivity index (χ0v) is 10.6. The van der Waals surface area contributed by atoms with Crippen LogP contribution in [0, 0.1) is 5.92 Å². The Morgan fingerprint density at radius 3 is 2.78 bits per heavy atom. The molecule has 0 aromatic rings. The molecule has 1 saturated heterocycles. The van der Waals surface area contributed by atoms with Crippen LogP contribution in [0.25, 0.3) is 0 Å². The molecule has 0 aliphatic carbocycles. The molecule has 102 valence electrons. The Labute approximate surface area is 106 Å². The number of aliphatic carboxylic acids is 1. The summed E-state index contributed by atoms with van der Waals surface area (Å²) >= 11 is 0. The first-order chi connectivity index (χ1) is 8.49. The lowest BCUT2D eigenvalue weighted by Gasteiger charge is -2.13. The molecule has 1 fully saturated rings. The number of hydrogen-bond donors (Lipinski definition) is 3. The second-order valence-corrected chi connectivity index (χ2v) is 4.78. The number of hydrogen-bond acceptors (Lipinski definition) is 3. The highest BCUT2D eigenvalue weighted by atomic mass is 16.4. The lowest BCUT2D eigenvalue weighted by molar-refractivity contribution is -0.137. The van der Waals surface area contributed by atoms with Crippen LogP contribution in [0.2, 0.25) is 0 Å². The van der Waals surface area contributed by atoms with Gasteiger partial charge in [0, 0.05) is 19.4 Å². The van der Waals surface area contributed by atoms with Gasteiger partial charge in [-0.05, 0) is 25.2 Å². The van der Waals surface area contributed by atoms with Crippen LogP contribution in [-0.2, 0) is 14.4 Å². The maximum Gasteiger partial charge on any atom is 0.303 e. The van der Waals surface area contributed by atoms with E-state index >= 15 is 0 Å². The standard InChI is InChI=1S/C12H20N2O4/c1-8(2-5-11(16)17)6-7-13-12(18)9-3-4-10(15)14-9/h8-9H,2-7H2,1H3,(H,13,18)(H,14,15)(H,16,17)/t8?,9-/m0/s1. The number of carbonyl (C=O) groups is 3.